The van der Waals surface area contributed by atoms with Crippen LogP contribution in [0.15, 0.2) is 18.2 Å². The number of rotatable bonds is 5. The molecule has 118 valence electrons. The Morgan fingerprint density at radius 1 is 1.18 bits per heavy atom. The van der Waals surface area contributed by atoms with E-state index in [2.05, 4.69) is 10.6 Å². The lowest BCUT2D eigenvalue weighted by molar-refractivity contribution is -0.147. The van der Waals surface area contributed by atoms with Crippen molar-refractivity contribution in [3.8, 4) is 0 Å². The Morgan fingerprint density at radius 2 is 1.91 bits per heavy atom. The van der Waals surface area contributed by atoms with Crippen LogP contribution in [0.5, 0.6) is 0 Å². The van der Waals surface area contributed by atoms with Gasteiger partial charge in [-0.25, -0.2) is 4.79 Å². The maximum atomic E-state index is 11.6. The Balaban J connectivity index is 1.71. The Hall–Kier alpha value is -1.79. The first-order chi connectivity index (χ1) is 10.4. The molecule has 22 heavy (non-hydrogen) atoms. The van der Waals surface area contributed by atoms with Crippen LogP contribution in [0, 0.1) is 0 Å². The number of hydrogen-bond donors (Lipinski definition) is 2. The number of halogens is 2. The van der Waals surface area contributed by atoms with E-state index in [1.54, 1.807) is 18.2 Å². The van der Waals surface area contributed by atoms with Gasteiger partial charge in [-0.15, -0.1) is 0 Å². The molecule has 2 rings (SSSR count). The van der Waals surface area contributed by atoms with Crippen molar-refractivity contribution in [2.24, 2.45) is 0 Å². The maximum Gasteiger partial charge on any atom is 0.321 e. The Kier molecular flexibility index (Phi) is 5.63. The number of esters is 1. The van der Waals surface area contributed by atoms with E-state index in [-0.39, 0.29) is 12.5 Å². The van der Waals surface area contributed by atoms with Crippen molar-refractivity contribution in [3.63, 3.8) is 0 Å². The lowest BCUT2D eigenvalue weighted by Crippen LogP contribution is -2.42. The third-order valence-corrected chi connectivity index (χ3v) is 3.60. The smallest absolute Gasteiger partial charge is 0.321 e. The molecular weight excluding hydrogens is 331 g/mol. The van der Waals surface area contributed by atoms with Crippen molar-refractivity contribution in [1.82, 2.24) is 10.6 Å². The molecule has 1 aliphatic carbocycles. The third kappa shape index (κ3) is 5.54. The van der Waals surface area contributed by atoms with Gasteiger partial charge in [0.1, 0.15) is 0 Å². The molecule has 1 aromatic rings. The molecule has 0 heterocycles. The summed E-state index contributed by atoms with van der Waals surface area (Å²) < 4.78 is 4.79. The third-order valence-electron chi connectivity index (χ3n) is 2.86. The molecule has 1 saturated carbocycles. The summed E-state index contributed by atoms with van der Waals surface area (Å²) in [6.07, 6.45) is 1.79. The molecule has 0 atom stereocenters. The summed E-state index contributed by atoms with van der Waals surface area (Å²) in [7, 11) is 0. The zero-order valence-corrected chi connectivity index (χ0v) is 13.0. The molecule has 0 saturated heterocycles. The molecule has 0 spiro atoms. The quantitative estimate of drug-likeness (QED) is 0.800. The first-order valence-electron chi connectivity index (χ1n) is 6.64. The molecule has 1 aromatic carbocycles. The number of imide groups is 1. The minimum absolute atomic E-state index is 0.0432. The maximum absolute atomic E-state index is 11.6. The molecule has 0 unspecified atom stereocenters. The van der Waals surface area contributed by atoms with Crippen molar-refractivity contribution < 1.29 is 19.1 Å². The summed E-state index contributed by atoms with van der Waals surface area (Å²) in [6, 6.07) is 4.33. The van der Waals surface area contributed by atoms with E-state index in [0.717, 1.165) is 12.8 Å². The van der Waals surface area contributed by atoms with Gasteiger partial charge in [-0.1, -0.05) is 29.3 Å². The van der Waals surface area contributed by atoms with E-state index in [1.807, 2.05) is 0 Å². The van der Waals surface area contributed by atoms with Crippen LogP contribution < -0.4 is 10.6 Å². The zero-order valence-electron chi connectivity index (χ0n) is 11.5. The largest absolute Gasteiger partial charge is 0.455 e. The van der Waals surface area contributed by atoms with Gasteiger partial charge in [-0.2, -0.15) is 0 Å². The van der Waals surface area contributed by atoms with Gasteiger partial charge in [0.25, 0.3) is 5.91 Å². The molecule has 1 fully saturated rings. The standard InChI is InChI=1S/C14H14Cl2N2O4/c15-10-4-1-8(5-11(10)16)6-13(20)22-7-12(19)18-14(21)17-9-2-3-9/h1,4-5,9H,2-3,6-7H2,(H2,17,18,19,21). The second-order valence-electron chi connectivity index (χ2n) is 4.88. The van der Waals surface area contributed by atoms with Crippen LogP contribution in [0.2, 0.25) is 10.0 Å². The van der Waals surface area contributed by atoms with Gasteiger partial charge in [0.15, 0.2) is 6.61 Å². The average Bonchev–Trinajstić information content (AvgIpc) is 3.24. The van der Waals surface area contributed by atoms with Crippen molar-refractivity contribution in [1.29, 1.82) is 0 Å². The number of carbonyl (C=O) groups excluding carboxylic acids is 3. The van der Waals surface area contributed by atoms with Gasteiger partial charge >= 0.3 is 12.0 Å². The number of amides is 3. The highest BCUT2D eigenvalue weighted by Crippen LogP contribution is 2.22. The second kappa shape index (κ2) is 7.47. The van der Waals surface area contributed by atoms with Gasteiger partial charge in [0.2, 0.25) is 0 Å². The zero-order chi connectivity index (χ0) is 16.1. The highest BCUT2D eigenvalue weighted by Gasteiger charge is 2.24. The fourth-order valence-electron chi connectivity index (χ4n) is 1.63. The summed E-state index contributed by atoms with van der Waals surface area (Å²) in [5, 5.41) is 5.39. The molecule has 3 amide bonds. The molecule has 8 heteroatoms. The topological polar surface area (TPSA) is 84.5 Å². The lowest BCUT2D eigenvalue weighted by atomic mass is 10.1. The van der Waals surface area contributed by atoms with E-state index in [1.165, 1.54) is 0 Å². The van der Waals surface area contributed by atoms with Gasteiger partial charge in [-0.3, -0.25) is 14.9 Å². The number of ether oxygens (including phenoxy) is 1. The minimum Gasteiger partial charge on any atom is -0.455 e. The van der Waals surface area contributed by atoms with E-state index in [0.29, 0.717) is 15.6 Å². The second-order valence-corrected chi connectivity index (χ2v) is 5.70. The highest BCUT2D eigenvalue weighted by molar-refractivity contribution is 6.42. The minimum atomic E-state index is -0.680. The van der Waals surface area contributed by atoms with Crippen molar-refractivity contribution in [2.45, 2.75) is 25.3 Å². The van der Waals surface area contributed by atoms with Crippen molar-refractivity contribution in [3.05, 3.63) is 33.8 Å². The van der Waals surface area contributed by atoms with Gasteiger partial charge in [0.05, 0.1) is 16.5 Å². The van der Waals surface area contributed by atoms with Crippen LogP contribution in [0.3, 0.4) is 0 Å². The fraction of sp³-hybridized carbons (Fsp3) is 0.357. The first kappa shape index (κ1) is 16.6. The van der Waals surface area contributed by atoms with Gasteiger partial charge < -0.3 is 10.1 Å². The van der Waals surface area contributed by atoms with E-state index in [9.17, 15) is 14.4 Å². The van der Waals surface area contributed by atoms with Crippen LogP contribution in [0.4, 0.5) is 4.79 Å². The molecule has 0 aliphatic heterocycles. The fourth-order valence-corrected chi connectivity index (χ4v) is 1.95. The normalized spacial score (nSPS) is 13.4. The van der Waals surface area contributed by atoms with Crippen molar-refractivity contribution >= 4 is 41.1 Å². The van der Waals surface area contributed by atoms with Crippen LogP contribution in [-0.4, -0.2) is 30.6 Å². The van der Waals surface area contributed by atoms with Crippen molar-refractivity contribution in [2.75, 3.05) is 6.61 Å². The van der Waals surface area contributed by atoms with Crippen LogP contribution in [-0.2, 0) is 20.7 Å². The molecule has 1 aliphatic rings. The highest BCUT2D eigenvalue weighted by atomic mass is 35.5. The van der Waals surface area contributed by atoms with Crippen LogP contribution in [0.1, 0.15) is 18.4 Å². The predicted octanol–water partition coefficient (Wildman–Crippen LogP) is 2.07. The van der Waals surface area contributed by atoms with E-state index >= 15 is 0 Å². The molecular formula is C14H14Cl2N2O4. The van der Waals surface area contributed by atoms with E-state index < -0.39 is 24.5 Å². The molecule has 0 aromatic heterocycles. The summed E-state index contributed by atoms with van der Waals surface area (Å²) in [4.78, 5) is 34.3. The summed E-state index contributed by atoms with van der Waals surface area (Å²) in [5.74, 6) is -1.28. The monoisotopic (exact) mass is 344 g/mol. The molecule has 0 radical (unpaired) electrons. The summed E-state index contributed by atoms with van der Waals surface area (Å²) >= 11 is 11.6. The summed E-state index contributed by atoms with van der Waals surface area (Å²) in [5.41, 5.74) is 0.617. The molecule has 2 N–H and O–H groups in total. The average molecular weight is 345 g/mol. The number of nitrogens with one attached hydrogen (secondary N) is 2. The van der Waals surface area contributed by atoms with Crippen LogP contribution >= 0.6 is 23.2 Å². The Bertz CT molecular complexity index is 603. The molecule has 6 nitrogen and oxygen atoms in total. The van der Waals surface area contributed by atoms with Gasteiger partial charge in [-0.05, 0) is 30.5 Å². The SMILES string of the molecule is O=C(COC(=O)Cc1ccc(Cl)c(Cl)c1)NC(=O)NC1CC1. The van der Waals surface area contributed by atoms with Gasteiger partial charge in [0, 0.05) is 6.04 Å². The number of benzene rings is 1. The van der Waals surface area contributed by atoms with Crippen LogP contribution in [0.25, 0.3) is 0 Å². The van der Waals surface area contributed by atoms with E-state index in [4.69, 9.17) is 27.9 Å². The number of carbonyl (C=O) groups is 3. The first-order valence-corrected chi connectivity index (χ1v) is 7.39. The summed E-state index contributed by atoms with van der Waals surface area (Å²) in [6.45, 7) is -0.516. The molecule has 0 bridgehead atoms. The number of urea groups is 1. The lowest BCUT2D eigenvalue weighted by Gasteiger charge is -2.07. The Labute approximate surface area is 137 Å². The Morgan fingerprint density at radius 3 is 2.55 bits per heavy atom. The predicted molar refractivity (Wildman–Crippen MR) is 80.8 cm³/mol. The number of hydrogen-bond acceptors (Lipinski definition) is 4.